The van der Waals surface area contributed by atoms with Crippen molar-refractivity contribution >= 4 is 40.9 Å². The van der Waals surface area contributed by atoms with Crippen molar-refractivity contribution in [2.45, 2.75) is 102 Å². The second-order valence-corrected chi connectivity index (χ2v) is 15.4. The SMILES string of the molecule is COc1cc2cc(c1Cl)N(C)C(O)C[C@H](OC(=O)[C@H](C)N(C)C(=O)c1ccc(N)cc1C)[C@]1(C)O[C@H]1[C@H](C)[C@@H]1C[C@@](O)(NC(=O)O1)[C@H](OC)/C=C/C=C(\C)C2. The number of anilines is 2. The molecule has 3 aliphatic rings. The molecule has 0 radical (unpaired) electrons. The Morgan fingerprint density at radius 2 is 1.91 bits per heavy atom. The molecular weight excluding hydrogens is 732 g/mol. The topological polar surface area (TPSA) is 186 Å². The lowest BCUT2D eigenvalue weighted by Crippen LogP contribution is -2.63. The monoisotopic (exact) mass is 784 g/mol. The lowest BCUT2D eigenvalue weighted by atomic mass is 9.83. The van der Waals surface area contributed by atoms with E-state index in [1.165, 1.54) is 26.2 Å². The van der Waals surface area contributed by atoms with Gasteiger partial charge in [-0.05, 0) is 75.6 Å². The first-order valence-corrected chi connectivity index (χ1v) is 18.6. The number of methoxy groups -OCH3 is 2. The number of hydrogen-bond donors (Lipinski definition) is 4. The van der Waals surface area contributed by atoms with Gasteiger partial charge < -0.3 is 49.4 Å². The minimum absolute atomic E-state index is 0.0458. The molecular formula is C40H53ClN4O10. The number of nitrogen functional groups attached to an aromatic ring is 1. The number of amides is 2. The van der Waals surface area contributed by atoms with Crippen LogP contribution in [0.4, 0.5) is 16.2 Å². The number of nitrogens with two attached hydrogens (primary N) is 1. The van der Waals surface area contributed by atoms with Crippen LogP contribution in [0.25, 0.3) is 0 Å². The van der Waals surface area contributed by atoms with Gasteiger partial charge in [-0.15, -0.1) is 0 Å². The summed E-state index contributed by atoms with van der Waals surface area (Å²) in [5.41, 5.74) is 6.69. The first kappa shape index (κ1) is 41.8. The molecule has 2 fully saturated rings. The van der Waals surface area contributed by atoms with Crippen LogP contribution in [0.2, 0.25) is 5.02 Å². The van der Waals surface area contributed by atoms with Crippen LogP contribution >= 0.6 is 11.6 Å². The van der Waals surface area contributed by atoms with Crippen molar-refractivity contribution in [2.75, 3.05) is 38.9 Å². The predicted molar refractivity (Wildman–Crippen MR) is 207 cm³/mol. The van der Waals surface area contributed by atoms with Crippen molar-refractivity contribution in [1.82, 2.24) is 10.2 Å². The fraction of sp³-hybridized carbons (Fsp3) is 0.525. The lowest BCUT2D eigenvalue weighted by molar-refractivity contribution is -0.158. The van der Waals surface area contributed by atoms with Crippen LogP contribution in [0.1, 0.15) is 62.0 Å². The largest absolute Gasteiger partial charge is 0.495 e. The quantitative estimate of drug-likeness (QED) is 0.183. The van der Waals surface area contributed by atoms with E-state index < -0.39 is 71.9 Å². The van der Waals surface area contributed by atoms with Crippen molar-refractivity contribution in [3.05, 3.63) is 75.8 Å². The molecule has 55 heavy (non-hydrogen) atoms. The molecule has 14 nitrogen and oxygen atoms in total. The van der Waals surface area contributed by atoms with Crippen molar-refractivity contribution in [2.24, 2.45) is 5.92 Å². The highest BCUT2D eigenvalue weighted by molar-refractivity contribution is 6.34. The molecule has 0 spiro atoms. The number of rotatable bonds is 6. The van der Waals surface area contributed by atoms with Gasteiger partial charge in [0.2, 0.25) is 0 Å². The molecule has 2 aromatic rings. The molecule has 3 heterocycles. The molecule has 0 aliphatic carbocycles. The number of aliphatic hydroxyl groups is 2. The van der Waals surface area contributed by atoms with Crippen LogP contribution in [-0.2, 0) is 30.2 Å². The van der Waals surface area contributed by atoms with Gasteiger partial charge in [-0.25, -0.2) is 9.59 Å². The molecule has 5 rings (SSSR count). The summed E-state index contributed by atoms with van der Waals surface area (Å²) in [6.45, 7) is 8.82. The summed E-state index contributed by atoms with van der Waals surface area (Å²) in [7, 11) is 6.12. The molecule has 0 aromatic heterocycles. The van der Waals surface area contributed by atoms with Gasteiger partial charge in [0.15, 0.2) is 5.72 Å². The third-order valence-electron chi connectivity index (χ3n) is 11.1. The highest BCUT2D eigenvalue weighted by Crippen LogP contribution is 2.49. The van der Waals surface area contributed by atoms with Crippen molar-refractivity contribution in [3.63, 3.8) is 0 Å². The van der Waals surface area contributed by atoms with E-state index in [-0.39, 0.29) is 17.9 Å². The van der Waals surface area contributed by atoms with E-state index in [4.69, 9.17) is 41.0 Å². The maximum absolute atomic E-state index is 13.9. The highest BCUT2D eigenvalue weighted by Gasteiger charge is 2.64. The van der Waals surface area contributed by atoms with E-state index >= 15 is 0 Å². The zero-order chi connectivity index (χ0) is 40.6. The van der Waals surface area contributed by atoms with Crippen LogP contribution in [0.5, 0.6) is 5.75 Å². The fourth-order valence-corrected chi connectivity index (χ4v) is 7.75. The average molecular weight is 785 g/mol. The molecule has 2 aromatic carbocycles. The first-order valence-electron chi connectivity index (χ1n) is 18.2. The highest BCUT2D eigenvalue weighted by atomic mass is 35.5. The normalized spacial score (nSPS) is 31.7. The maximum atomic E-state index is 13.9. The number of allylic oxidation sites excluding steroid dienone is 3. The Morgan fingerprint density at radius 3 is 2.56 bits per heavy atom. The molecule has 2 saturated heterocycles. The number of nitrogens with zero attached hydrogens (tertiary/aromatic N) is 2. The number of benzene rings is 2. The van der Waals surface area contributed by atoms with E-state index in [1.54, 1.807) is 63.1 Å². The maximum Gasteiger partial charge on any atom is 0.409 e. The Hall–Kier alpha value is -4.34. The second kappa shape index (κ2) is 16.4. The Morgan fingerprint density at radius 1 is 1.20 bits per heavy atom. The summed E-state index contributed by atoms with van der Waals surface area (Å²) in [6.07, 6.45) is -0.00607. The predicted octanol–water partition coefficient (Wildman–Crippen LogP) is 4.51. The third kappa shape index (κ3) is 8.73. The first-order chi connectivity index (χ1) is 25.8. The Labute approximate surface area is 327 Å². The van der Waals surface area contributed by atoms with Gasteiger partial charge in [0.1, 0.15) is 47.0 Å². The smallest absolute Gasteiger partial charge is 0.409 e. The molecule has 5 N–H and O–H groups in total. The number of epoxide rings is 1. The van der Waals surface area contributed by atoms with Crippen molar-refractivity contribution in [3.8, 4) is 5.75 Å². The number of hydrogen-bond acceptors (Lipinski definition) is 12. The van der Waals surface area contributed by atoms with E-state index in [0.717, 1.165) is 11.1 Å². The van der Waals surface area contributed by atoms with Gasteiger partial charge in [-0.1, -0.05) is 42.3 Å². The van der Waals surface area contributed by atoms with E-state index in [2.05, 4.69) is 5.32 Å². The Kier molecular flexibility index (Phi) is 12.5. The van der Waals surface area contributed by atoms with Crippen molar-refractivity contribution < 1.29 is 48.3 Å². The summed E-state index contributed by atoms with van der Waals surface area (Å²) >= 11 is 6.81. The molecule has 0 saturated carbocycles. The Balaban J connectivity index is 1.52. The molecule has 1 unspecified atom stereocenters. The number of fused-ring (bicyclic) bond motifs is 5. The fourth-order valence-electron chi connectivity index (χ4n) is 7.43. The minimum atomic E-state index is -1.83. The van der Waals surface area contributed by atoms with Crippen LogP contribution in [0.3, 0.4) is 0 Å². The number of esters is 1. The van der Waals surface area contributed by atoms with E-state index in [9.17, 15) is 24.6 Å². The number of likely N-dealkylation sites (N-methyl/N-ethyl adjacent to an activating group) is 1. The summed E-state index contributed by atoms with van der Waals surface area (Å²) in [4.78, 5) is 43.2. The molecule has 4 bridgehead atoms. The zero-order valence-electron chi connectivity index (χ0n) is 32.8. The van der Waals surface area contributed by atoms with Crippen LogP contribution in [0, 0.1) is 12.8 Å². The summed E-state index contributed by atoms with van der Waals surface area (Å²) in [5.74, 6) is -1.25. The summed E-state index contributed by atoms with van der Waals surface area (Å²) in [6, 6.07) is 7.53. The minimum Gasteiger partial charge on any atom is -0.495 e. The summed E-state index contributed by atoms with van der Waals surface area (Å²) < 4.78 is 29.5. The third-order valence-corrected chi connectivity index (χ3v) is 11.5. The second-order valence-electron chi connectivity index (χ2n) is 15.1. The van der Waals surface area contributed by atoms with Gasteiger partial charge in [-0.3, -0.25) is 10.1 Å². The van der Waals surface area contributed by atoms with Crippen LogP contribution < -0.4 is 20.7 Å². The van der Waals surface area contributed by atoms with Gasteiger partial charge in [0.05, 0.1) is 18.9 Å². The number of nitrogens with one attached hydrogen (secondary N) is 1. The standard InChI is InChI=1S/C40H53ClN4O10/c1-21-11-10-12-31(52-9)40(50)20-30(53-38(49)43-40)23(3)35-39(5,55-35)32(19-33(46)45(7)28-17-25(15-21)18-29(51-8)34(28)41)54-37(48)24(4)44(6)36(47)27-14-13-26(42)16-22(27)2/h10-14,16-18,23-24,30-33,35,46,50H,15,19-20,42H2,1-9H3,(H,43,49)/b12-10+,21-11+/t23-,24+,30+,31-,32+,33?,35+,39+,40+/m1/s1. The van der Waals surface area contributed by atoms with E-state index in [1.807, 2.05) is 32.1 Å². The number of carbonyl (C=O) groups excluding carboxylic acids is 3. The van der Waals surface area contributed by atoms with Crippen LogP contribution in [0.15, 0.2) is 54.1 Å². The molecule has 15 heteroatoms. The number of aryl methyl sites for hydroxylation is 1. The number of ether oxygens (including phenoxy) is 5. The lowest BCUT2D eigenvalue weighted by Gasteiger charge is -2.42. The van der Waals surface area contributed by atoms with Crippen LogP contribution in [-0.4, -0.2) is 109 Å². The molecule has 300 valence electrons. The number of aliphatic hydroxyl groups excluding tert-OH is 1. The van der Waals surface area contributed by atoms with Gasteiger partial charge in [0.25, 0.3) is 5.91 Å². The number of halogens is 1. The van der Waals surface area contributed by atoms with E-state index in [0.29, 0.717) is 34.7 Å². The summed E-state index contributed by atoms with van der Waals surface area (Å²) in [5, 5.41) is 26.4. The van der Waals surface area contributed by atoms with Crippen molar-refractivity contribution in [1.29, 1.82) is 0 Å². The number of alkyl carbamates (subject to hydrolysis) is 1. The zero-order valence-corrected chi connectivity index (χ0v) is 33.5. The van der Waals surface area contributed by atoms with Gasteiger partial charge in [0, 0.05) is 51.2 Å². The number of carbonyl (C=O) groups is 3. The molecule has 3 aliphatic heterocycles. The average Bonchev–Trinajstić information content (AvgIpc) is 3.83. The molecule has 2 amide bonds. The van der Waals surface area contributed by atoms with Gasteiger partial charge >= 0.3 is 12.1 Å². The Bertz CT molecular complexity index is 1860. The van der Waals surface area contributed by atoms with Gasteiger partial charge in [-0.2, -0.15) is 0 Å². The molecule has 9 atom stereocenters.